The van der Waals surface area contributed by atoms with E-state index in [2.05, 4.69) is 51.4 Å². The summed E-state index contributed by atoms with van der Waals surface area (Å²) in [7, 11) is 3.17. The van der Waals surface area contributed by atoms with E-state index in [9.17, 15) is 13.2 Å². The Hall–Kier alpha value is -2.33. The molecule has 3 atom stereocenters. The van der Waals surface area contributed by atoms with Crippen molar-refractivity contribution in [1.29, 1.82) is 0 Å². The number of alkyl halides is 3. The number of hydrogen-bond donors (Lipinski definition) is 0. The summed E-state index contributed by atoms with van der Waals surface area (Å²) < 4.78 is 42.8. The highest BCUT2D eigenvalue weighted by molar-refractivity contribution is 7.99. The molecule has 0 N–H and O–H groups in total. The van der Waals surface area contributed by atoms with Crippen LogP contribution in [0.15, 0.2) is 35.6 Å². The molecule has 1 aliphatic heterocycles. The van der Waals surface area contributed by atoms with Crippen LogP contribution in [-0.2, 0) is 20.3 Å². The number of hydrogen-bond acceptors (Lipinski definition) is 5. The van der Waals surface area contributed by atoms with E-state index in [-0.39, 0.29) is 11.4 Å². The number of likely N-dealkylation sites (tertiary alicyclic amines) is 1. The number of rotatable bonds is 7. The molecule has 1 aliphatic carbocycles. The summed E-state index contributed by atoms with van der Waals surface area (Å²) in [5, 5.41) is 12.4. The minimum Gasteiger partial charge on any atom is -0.305 e. The molecule has 1 saturated heterocycles. The van der Waals surface area contributed by atoms with Crippen molar-refractivity contribution in [3.8, 4) is 11.4 Å². The first-order chi connectivity index (χ1) is 16.2. The van der Waals surface area contributed by atoms with E-state index >= 15 is 0 Å². The second-order valence-corrected chi connectivity index (χ2v) is 10.6. The highest BCUT2D eigenvalue weighted by Gasteiger charge is 2.48. The van der Waals surface area contributed by atoms with Crippen molar-refractivity contribution in [3.05, 3.63) is 47.3 Å². The first kappa shape index (κ1) is 23.4. The van der Waals surface area contributed by atoms with Crippen LogP contribution in [0, 0.1) is 18.8 Å². The van der Waals surface area contributed by atoms with Crippen LogP contribution in [0.5, 0.6) is 0 Å². The molecule has 182 valence electrons. The third kappa shape index (κ3) is 4.75. The Morgan fingerprint density at radius 2 is 1.85 bits per heavy atom. The standard InChI is InChI=1S/C24H29F3N6S/c1-15-5-7-16(8-6-15)19-14-33(12-17-11-18(17)19)9-4-10-34-23-29-28-22(32(23)3)20-13-31(2)30-21(20)24(25,26)27/h5-8,13,17-19H,4,9-12,14H2,1-3H3/t17-,18?,19?/m0/s1. The van der Waals surface area contributed by atoms with Gasteiger partial charge in [0.25, 0.3) is 0 Å². The number of thioether (sulfide) groups is 1. The van der Waals surface area contributed by atoms with Crippen molar-refractivity contribution >= 4 is 11.8 Å². The van der Waals surface area contributed by atoms with Crippen LogP contribution in [0.25, 0.3) is 11.4 Å². The Morgan fingerprint density at radius 3 is 2.59 bits per heavy atom. The number of piperidine rings is 1. The van der Waals surface area contributed by atoms with Gasteiger partial charge in [-0.1, -0.05) is 41.6 Å². The van der Waals surface area contributed by atoms with Gasteiger partial charge in [0.05, 0.1) is 5.56 Å². The molecule has 10 heteroatoms. The zero-order valence-electron chi connectivity index (χ0n) is 19.6. The third-order valence-corrected chi connectivity index (χ3v) is 8.08. The number of benzene rings is 1. The number of aromatic nitrogens is 5. The predicted molar refractivity (Wildman–Crippen MR) is 126 cm³/mol. The zero-order valence-corrected chi connectivity index (χ0v) is 20.4. The molecule has 2 aliphatic rings. The van der Waals surface area contributed by atoms with Gasteiger partial charge in [-0.3, -0.25) is 4.68 Å². The summed E-state index contributed by atoms with van der Waals surface area (Å²) in [5.41, 5.74) is 1.77. The highest BCUT2D eigenvalue weighted by atomic mass is 32.2. The maximum absolute atomic E-state index is 13.4. The molecule has 1 aromatic carbocycles. The molecule has 34 heavy (non-hydrogen) atoms. The lowest BCUT2D eigenvalue weighted by Gasteiger charge is -2.32. The van der Waals surface area contributed by atoms with Crippen LogP contribution in [0.4, 0.5) is 13.2 Å². The van der Waals surface area contributed by atoms with Crippen molar-refractivity contribution in [2.45, 2.75) is 37.0 Å². The number of halogens is 3. The Balaban J connectivity index is 1.17. The average molecular weight is 491 g/mol. The van der Waals surface area contributed by atoms with Crippen molar-refractivity contribution in [2.24, 2.45) is 25.9 Å². The monoisotopic (exact) mass is 490 g/mol. The molecule has 0 amide bonds. The van der Waals surface area contributed by atoms with Crippen molar-refractivity contribution in [3.63, 3.8) is 0 Å². The lowest BCUT2D eigenvalue weighted by Crippen LogP contribution is -2.37. The van der Waals surface area contributed by atoms with Crippen LogP contribution in [-0.4, -0.2) is 54.8 Å². The van der Waals surface area contributed by atoms with Gasteiger partial charge in [0.15, 0.2) is 16.7 Å². The molecule has 0 bridgehead atoms. The normalized spacial score (nSPS) is 22.7. The van der Waals surface area contributed by atoms with Gasteiger partial charge in [0.1, 0.15) is 0 Å². The van der Waals surface area contributed by atoms with E-state index in [1.54, 1.807) is 11.6 Å². The van der Waals surface area contributed by atoms with E-state index < -0.39 is 11.9 Å². The lowest BCUT2D eigenvalue weighted by atomic mass is 9.89. The zero-order chi connectivity index (χ0) is 24.0. The van der Waals surface area contributed by atoms with E-state index in [0.29, 0.717) is 11.1 Å². The molecule has 2 unspecified atom stereocenters. The number of nitrogens with zero attached hydrogens (tertiary/aromatic N) is 6. The summed E-state index contributed by atoms with van der Waals surface area (Å²) in [4.78, 5) is 2.58. The topological polar surface area (TPSA) is 51.8 Å². The van der Waals surface area contributed by atoms with Gasteiger partial charge in [-0.25, -0.2) is 0 Å². The maximum atomic E-state index is 13.4. The van der Waals surface area contributed by atoms with Gasteiger partial charge in [-0.2, -0.15) is 18.3 Å². The van der Waals surface area contributed by atoms with E-state index in [1.165, 1.54) is 49.1 Å². The summed E-state index contributed by atoms with van der Waals surface area (Å²) in [5.74, 6) is 3.29. The van der Waals surface area contributed by atoms with Gasteiger partial charge < -0.3 is 9.47 Å². The number of fused-ring (bicyclic) bond motifs is 1. The Kier molecular flexibility index (Phi) is 6.22. The van der Waals surface area contributed by atoms with Crippen molar-refractivity contribution < 1.29 is 13.2 Å². The largest absolute Gasteiger partial charge is 0.435 e. The molecule has 0 spiro atoms. The summed E-state index contributed by atoms with van der Waals surface area (Å²) in [6.07, 6.45) is -0.875. The second kappa shape index (κ2) is 9.03. The molecule has 1 saturated carbocycles. The highest BCUT2D eigenvalue weighted by Crippen LogP contribution is 2.52. The Bertz CT molecular complexity index is 1150. The molecular formula is C24H29F3N6S. The minimum absolute atomic E-state index is 0.0497. The van der Waals surface area contributed by atoms with E-state index in [1.807, 2.05) is 0 Å². The predicted octanol–water partition coefficient (Wildman–Crippen LogP) is 4.76. The van der Waals surface area contributed by atoms with Gasteiger partial charge >= 0.3 is 6.18 Å². The fourth-order valence-corrected chi connectivity index (χ4v) is 5.97. The second-order valence-electron chi connectivity index (χ2n) is 9.57. The molecule has 3 heterocycles. The van der Waals surface area contributed by atoms with Gasteiger partial charge in [0.2, 0.25) is 0 Å². The summed E-state index contributed by atoms with van der Waals surface area (Å²) in [6.45, 7) is 5.42. The van der Waals surface area contributed by atoms with Gasteiger partial charge in [0, 0.05) is 39.1 Å². The fourth-order valence-electron chi connectivity index (χ4n) is 5.13. The molecule has 6 nitrogen and oxygen atoms in total. The first-order valence-electron chi connectivity index (χ1n) is 11.6. The van der Waals surface area contributed by atoms with E-state index in [0.717, 1.165) is 41.8 Å². The summed E-state index contributed by atoms with van der Waals surface area (Å²) >= 11 is 1.54. The Morgan fingerprint density at radius 1 is 1.09 bits per heavy atom. The van der Waals surface area contributed by atoms with Crippen LogP contribution in [0.2, 0.25) is 0 Å². The quantitative estimate of drug-likeness (QED) is 0.353. The molecule has 2 fully saturated rings. The lowest BCUT2D eigenvalue weighted by molar-refractivity contribution is -0.141. The van der Waals surface area contributed by atoms with Crippen LogP contribution in [0.3, 0.4) is 0 Å². The average Bonchev–Trinajstić information content (AvgIpc) is 3.33. The SMILES string of the molecule is Cc1ccc(C2CN(CCCSc3nnc(-c4cn(C)nc4C(F)(F)F)n3C)C[C@@H]3CC23)cc1. The smallest absolute Gasteiger partial charge is 0.305 e. The molecule has 0 radical (unpaired) electrons. The minimum atomic E-state index is -4.54. The number of aryl methyl sites for hydroxylation is 2. The summed E-state index contributed by atoms with van der Waals surface area (Å²) in [6, 6.07) is 8.99. The third-order valence-electron chi connectivity index (χ3n) is 6.97. The van der Waals surface area contributed by atoms with Crippen LogP contribution in [0.1, 0.15) is 35.6 Å². The van der Waals surface area contributed by atoms with Gasteiger partial charge in [-0.15, -0.1) is 10.2 Å². The van der Waals surface area contributed by atoms with E-state index in [4.69, 9.17) is 0 Å². The van der Waals surface area contributed by atoms with Crippen LogP contribution < -0.4 is 0 Å². The van der Waals surface area contributed by atoms with Crippen molar-refractivity contribution in [2.75, 3.05) is 25.4 Å². The molecule has 5 rings (SSSR count). The molecule has 3 aromatic rings. The first-order valence-corrected chi connectivity index (χ1v) is 12.6. The fraction of sp³-hybridized carbons (Fsp3) is 0.542. The molecule has 2 aromatic heterocycles. The Labute approximate surface area is 201 Å². The van der Waals surface area contributed by atoms with Gasteiger partial charge in [-0.05, 0) is 49.6 Å². The van der Waals surface area contributed by atoms with Crippen LogP contribution >= 0.6 is 11.8 Å². The maximum Gasteiger partial charge on any atom is 0.435 e. The molecular weight excluding hydrogens is 461 g/mol. The van der Waals surface area contributed by atoms with Crippen molar-refractivity contribution in [1.82, 2.24) is 29.4 Å².